The first-order valence-corrected chi connectivity index (χ1v) is 8.62. The van der Waals surface area contributed by atoms with Gasteiger partial charge in [0.1, 0.15) is 0 Å². The van der Waals surface area contributed by atoms with E-state index in [1.807, 2.05) is 68.1 Å². The summed E-state index contributed by atoms with van der Waals surface area (Å²) in [5, 5.41) is 3.54. The standard InChI is InChI=1S/C21H26N2O/c1-15-14-19(17-12-8-9-13-18(17)22-15)23(20(24)21(2,3)4)16-10-6-5-7-11-16/h5-13,15,19,22H,14H2,1-4H3/t15-,19+/m1/s1. The molecule has 0 aromatic heterocycles. The molecule has 0 saturated heterocycles. The van der Waals surface area contributed by atoms with E-state index in [1.165, 1.54) is 5.56 Å². The SMILES string of the molecule is C[C@@H]1C[C@H](N(C(=O)C(C)(C)C)c2ccccc2)c2ccccc2N1. The predicted octanol–water partition coefficient (Wildman–Crippen LogP) is 5.01. The minimum Gasteiger partial charge on any atom is -0.382 e. The Morgan fingerprint density at radius 3 is 2.33 bits per heavy atom. The smallest absolute Gasteiger partial charge is 0.232 e. The molecule has 2 aromatic rings. The van der Waals surface area contributed by atoms with Gasteiger partial charge in [0.2, 0.25) is 5.91 Å². The fourth-order valence-corrected chi connectivity index (χ4v) is 3.34. The normalized spacial score (nSPS) is 20.0. The van der Waals surface area contributed by atoms with Crippen LogP contribution in [0.1, 0.15) is 45.7 Å². The summed E-state index contributed by atoms with van der Waals surface area (Å²) >= 11 is 0. The summed E-state index contributed by atoms with van der Waals surface area (Å²) in [5.41, 5.74) is 2.85. The number of fused-ring (bicyclic) bond motifs is 1. The van der Waals surface area contributed by atoms with Crippen molar-refractivity contribution in [3.8, 4) is 0 Å². The van der Waals surface area contributed by atoms with E-state index in [0.29, 0.717) is 6.04 Å². The van der Waals surface area contributed by atoms with Gasteiger partial charge >= 0.3 is 0 Å². The zero-order valence-electron chi connectivity index (χ0n) is 14.9. The number of hydrogen-bond donors (Lipinski definition) is 1. The maximum Gasteiger partial charge on any atom is 0.232 e. The molecule has 2 atom stereocenters. The molecule has 0 bridgehead atoms. The second kappa shape index (κ2) is 6.31. The van der Waals surface area contributed by atoms with Gasteiger partial charge in [0, 0.05) is 22.8 Å². The average molecular weight is 322 g/mol. The average Bonchev–Trinajstić information content (AvgIpc) is 2.55. The van der Waals surface area contributed by atoms with Gasteiger partial charge in [-0.1, -0.05) is 57.2 Å². The van der Waals surface area contributed by atoms with Crippen LogP contribution in [-0.2, 0) is 4.79 Å². The Bertz CT molecular complexity index is 718. The molecule has 1 N–H and O–H groups in total. The van der Waals surface area contributed by atoms with Gasteiger partial charge in [-0.05, 0) is 37.1 Å². The van der Waals surface area contributed by atoms with E-state index < -0.39 is 5.41 Å². The zero-order valence-corrected chi connectivity index (χ0v) is 14.9. The quantitative estimate of drug-likeness (QED) is 0.843. The molecule has 3 nitrogen and oxygen atoms in total. The molecule has 0 saturated carbocycles. The monoisotopic (exact) mass is 322 g/mol. The van der Waals surface area contributed by atoms with Crippen molar-refractivity contribution in [1.29, 1.82) is 0 Å². The molecule has 1 heterocycles. The number of carbonyl (C=O) groups excluding carboxylic acids is 1. The van der Waals surface area contributed by atoms with Gasteiger partial charge < -0.3 is 10.2 Å². The fraction of sp³-hybridized carbons (Fsp3) is 0.381. The Hall–Kier alpha value is -2.29. The Balaban J connectivity index is 2.11. The van der Waals surface area contributed by atoms with E-state index in [-0.39, 0.29) is 11.9 Å². The van der Waals surface area contributed by atoms with Crippen LogP contribution in [0.25, 0.3) is 0 Å². The Morgan fingerprint density at radius 1 is 1.04 bits per heavy atom. The highest BCUT2D eigenvalue weighted by atomic mass is 16.2. The molecule has 126 valence electrons. The van der Waals surface area contributed by atoms with E-state index in [9.17, 15) is 4.79 Å². The molecule has 3 heteroatoms. The first kappa shape index (κ1) is 16.6. The summed E-state index contributed by atoms with van der Waals surface area (Å²) in [7, 11) is 0. The molecule has 0 spiro atoms. The highest BCUT2D eigenvalue weighted by Gasteiger charge is 2.37. The Morgan fingerprint density at radius 2 is 1.67 bits per heavy atom. The van der Waals surface area contributed by atoms with Gasteiger partial charge in [-0.3, -0.25) is 4.79 Å². The van der Waals surface area contributed by atoms with E-state index in [2.05, 4.69) is 24.4 Å². The third-order valence-electron chi connectivity index (χ3n) is 4.50. The van der Waals surface area contributed by atoms with Gasteiger partial charge in [-0.25, -0.2) is 0 Å². The van der Waals surface area contributed by atoms with Gasteiger partial charge in [0.05, 0.1) is 6.04 Å². The second-order valence-corrected chi connectivity index (χ2v) is 7.64. The van der Waals surface area contributed by atoms with Crippen molar-refractivity contribution in [2.45, 2.75) is 46.2 Å². The molecular formula is C21H26N2O. The maximum atomic E-state index is 13.3. The molecule has 24 heavy (non-hydrogen) atoms. The van der Waals surface area contributed by atoms with Crippen molar-refractivity contribution in [2.24, 2.45) is 5.41 Å². The number of carbonyl (C=O) groups is 1. The van der Waals surface area contributed by atoms with Crippen LogP contribution in [0, 0.1) is 5.41 Å². The third-order valence-corrected chi connectivity index (χ3v) is 4.50. The van der Waals surface area contributed by atoms with Gasteiger partial charge in [-0.15, -0.1) is 0 Å². The van der Waals surface area contributed by atoms with Gasteiger partial charge in [0.15, 0.2) is 0 Å². The summed E-state index contributed by atoms with van der Waals surface area (Å²) < 4.78 is 0. The number of benzene rings is 2. The molecule has 1 aliphatic heterocycles. The summed E-state index contributed by atoms with van der Waals surface area (Å²) in [6.45, 7) is 8.14. The molecular weight excluding hydrogens is 296 g/mol. The van der Waals surface area contributed by atoms with Crippen molar-refractivity contribution in [2.75, 3.05) is 10.2 Å². The number of amides is 1. The Kier molecular flexibility index (Phi) is 4.35. The van der Waals surface area contributed by atoms with Crippen molar-refractivity contribution >= 4 is 17.3 Å². The van der Waals surface area contributed by atoms with E-state index in [0.717, 1.165) is 17.8 Å². The molecule has 0 fully saturated rings. The van der Waals surface area contributed by atoms with Crippen LogP contribution in [0.3, 0.4) is 0 Å². The number of hydrogen-bond acceptors (Lipinski definition) is 2. The lowest BCUT2D eigenvalue weighted by molar-refractivity contribution is -0.126. The molecule has 3 rings (SSSR count). The van der Waals surface area contributed by atoms with Crippen molar-refractivity contribution in [3.63, 3.8) is 0 Å². The van der Waals surface area contributed by atoms with Gasteiger partial charge in [0.25, 0.3) is 0 Å². The molecule has 0 radical (unpaired) electrons. The highest BCUT2D eigenvalue weighted by Crippen LogP contribution is 2.40. The van der Waals surface area contributed by atoms with Crippen LogP contribution >= 0.6 is 0 Å². The molecule has 1 aliphatic rings. The molecule has 0 unspecified atom stereocenters. The lowest BCUT2D eigenvalue weighted by Gasteiger charge is -2.41. The largest absolute Gasteiger partial charge is 0.382 e. The zero-order chi connectivity index (χ0) is 17.3. The number of nitrogens with one attached hydrogen (secondary N) is 1. The topological polar surface area (TPSA) is 32.3 Å². The van der Waals surface area contributed by atoms with Crippen LogP contribution in [-0.4, -0.2) is 11.9 Å². The minimum atomic E-state index is -0.432. The molecule has 2 aromatic carbocycles. The van der Waals surface area contributed by atoms with E-state index >= 15 is 0 Å². The van der Waals surface area contributed by atoms with Crippen LogP contribution in [0.5, 0.6) is 0 Å². The van der Waals surface area contributed by atoms with Crippen molar-refractivity contribution in [3.05, 3.63) is 60.2 Å². The van der Waals surface area contributed by atoms with Crippen LogP contribution in [0.2, 0.25) is 0 Å². The van der Waals surface area contributed by atoms with E-state index in [4.69, 9.17) is 0 Å². The predicted molar refractivity (Wildman–Crippen MR) is 100 cm³/mol. The lowest BCUT2D eigenvalue weighted by atomic mass is 9.88. The number of nitrogens with zero attached hydrogens (tertiary/aromatic N) is 1. The minimum absolute atomic E-state index is 0.0478. The highest BCUT2D eigenvalue weighted by molar-refractivity contribution is 5.98. The number of rotatable bonds is 2. The maximum absolute atomic E-state index is 13.3. The van der Waals surface area contributed by atoms with Crippen molar-refractivity contribution < 1.29 is 4.79 Å². The second-order valence-electron chi connectivity index (χ2n) is 7.64. The van der Waals surface area contributed by atoms with Gasteiger partial charge in [-0.2, -0.15) is 0 Å². The summed E-state index contributed by atoms with van der Waals surface area (Å²) in [5.74, 6) is 0.155. The summed E-state index contributed by atoms with van der Waals surface area (Å²) in [6, 6.07) is 18.7. The lowest BCUT2D eigenvalue weighted by Crippen LogP contribution is -2.45. The first-order valence-electron chi connectivity index (χ1n) is 8.62. The van der Waals surface area contributed by atoms with Crippen molar-refractivity contribution in [1.82, 2.24) is 0 Å². The summed E-state index contributed by atoms with van der Waals surface area (Å²) in [4.78, 5) is 15.3. The molecule has 0 aliphatic carbocycles. The van der Waals surface area contributed by atoms with Crippen LogP contribution in [0.4, 0.5) is 11.4 Å². The summed E-state index contributed by atoms with van der Waals surface area (Å²) in [6.07, 6.45) is 0.897. The first-order chi connectivity index (χ1) is 11.4. The third kappa shape index (κ3) is 3.16. The number of anilines is 2. The molecule has 1 amide bonds. The van der Waals surface area contributed by atoms with Crippen LogP contribution < -0.4 is 10.2 Å². The fourth-order valence-electron chi connectivity index (χ4n) is 3.34. The number of para-hydroxylation sites is 2. The Labute approximate surface area is 144 Å². The van der Waals surface area contributed by atoms with E-state index in [1.54, 1.807) is 0 Å². The van der Waals surface area contributed by atoms with Crippen LogP contribution in [0.15, 0.2) is 54.6 Å².